The van der Waals surface area contributed by atoms with Crippen LogP contribution in [0.3, 0.4) is 0 Å². The Kier molecular flexibility index (Phi) is 2.95. The van der Waals surface area contributed by atoms with Crippen LogP contribution in [0.25, 0.3) is 11.3 Å². The van der Waals surface area contributed by atoms with E-state index in [-0.39, 0.29) is 0 Å². The van der Waals surface area contributed by atoms with Crippen LogP contribution in [0.4, 0.5) is 5.82 Å². The highest BCUT2D eigenvalue weighted by Gasteiger charge is 2.10. The molecule has 0 fully saturated rings. The molecule has 0 aliphatic heterocycles. The van der Waals surface area contributed by atoms with Gasteiger partial charge in [0.15, 0.2) is 0 Å². The quantitative estimate of drug-likeness (QED) is 0.855. The summed E-state index contributed by atoms with van der Waals surface area (Å²) in [7, 11) is 0. The smallest absolute Gasteiger partial charge is 0.131 e. The molecule has 1 aromatic carbocycles. The molecule has 84 valence electrons. The molecule has 0 radical (unpaired) electrons. The van der Waals surface area contributed by atoms with Crippen molar-refractivity contribution in [3.8, 4) is 11.3 Å². The van der Waals surface area contributed by atoms with Crippen molar-refractivity contribution < 1.29 is 0 Å². The minimum Gasteiger partial charge on any atom is -0.383 e. The van der Waals surface area contributed by atoms with Gasteiger partial charge < -0.3 is 10.3 Å². The van der Waals surface area contributed by atoms with Crippen molar-refractivity contribution in [2.75, 3.05) is 5.73 Å². The summed E-state index contributed by atoms with van der Waals surface area (Å²) in [5.41, 5.74) is 9.31. The highest BCUT2D eigenvalue weighted by molar-refractivity contribution is 5.72. The number of imidazole rings is 1. The molecule has 0 unspecified atom stereocenters. The lowest BCUT2D eigenvalue weighted by Gasteiger charge is -2.05. The van der Waals surface area contributed by atoms with Gasteiger partial charge in [0.05, 0.1) is 6.33 Å². The first-order chi connectivity index (χ1) is 7.74. The average molecular weight is 215 g/mol. The molecule has 1 aromatic heterocycles. The molecular formula is C13H17N3. The maximum absolute atomic E-state index is 6.09. The van der Waals surface area contributed by atoms with Crippen LogP contribution in [0.2, 0.25) is 0 Å². The number of anilines is 1. The highest BCUT2D eigenvalue weighted by Crippen LogP contribution is 2.26. The summed E-state index contributed by atoms with van der Waals surface area (Å²) in [4.78, 5) is 4.40. The molecule has 0 bridgehead atoms. The fourth-order valence-electron chi connectivity index (χ4n) is 1.86. The molecule has 16 heavy (non-hydrogen) atoms. The van der Waals surface area contributed by atoms with Gasteiger partial charge in [0, 0.05) is 12.1 Å². The third-order valence-corrected chi connectivity index (χ3v) is 2.74. The summed E-state index contributed by atoms with van der Waals surface area (Å²) in [6, 6.07) is 8.18. The van der Waals surface area contributed by atoms with Gasteiger partial charge in [0.1, 0.15) is 11.5 Å². The van der Waals surface area contributed by atoms with Crippen LogP contribution in [-0.2, 0) is 6.54 Å². The van der Waals surface area contributed by atoms with Crippen LogP contribution < -0.4 is 5.73 Å². The number of benzene rings is 1. The molecule has 0 atom stereocenters. The van der Waals surface area contributed by atoms with E-state index in [1.807, 2.05) is 23.0 Å². The number of rotatable bonds is 3. The Morgan fingerprint density at radius 2 is 2.06 bits per heavy atom. The van der Waals surface area contributed by atoms with E-state index in [0.29, 0.717) is 0 Å². The molecule has 2 N–H and O–H groups in total. The molecule has 0 saturated carbocycles. The molecule has 2 rings (SSSR count). The van der Waals surface area contributed by atoms with Gasteiger partial charge in [-0.05, 0) is 18.9 Å². The first-order valence-electron chi connectivity index (χ1n) is 5.60. The summed E-state index contributed by atoms with van der Waals surface area (Å²) in [6.45, 7) is 5.13. The van der Waals surface area contributed by atoms with Crippen molar-refractivity contribution in [2.45, 2.75) is 26.8 Å². The Morgan fingerprint density at radius 1 is 1.31 bits per heavy atom. The van der Waals surface area contributed by atoms with Crippen molar-refractivity contribution in [1.29, 1.82) is 0 Å². The Hall–Kier alpha value is -1.77. The van der Waals surface area contributed by atoms with Crippen LogP contribution in [0.5, 0.6) is 0 Å². The largest absolute Gasteiger partial charge is 0.383 e. The molecule has 3 heteroatoms. The van der Waals surface area contributed by atoms with Gasteiger partial charge in [-0.15, -0.1) is 0 Å². The van der Waals surface area contributed by atoms with E-state index in [1.54, 1.807) is 0 Å². The lowest BCUT2D eigenvalue weighted by molar-refractivity contribution is 0.686. The second kappa shape index (κ2) is 4.39. The van der Waals surface area contributed by atoms with E-state index in [0.717, 1.165) is 30.0 Å². The zero-order valence-corrected chi connectivity index (χ0v) is 9.77. The van der Waals surface area contributed by atoms with Crippen molar-refractivity contribution in [1.82, 2.24) is 9.55 Å². The van der Waals surface area contributed by atoms with E-state index in [9.17, 15) is 0 Å². The van der Waals surface area contributed by atoms with E-state index < -0.39 is 0 Å². The standard InChI is InChI=1S/C13H17N3/c1-3-8-16-9-15-12(13(16)14)11-7-5-4-6-10(11)2/h4-7,9H,3,8,14H2,1-2H3. The van der Waals surface area contributed by atoms with Gasteiger partial charge in [-0.1, -0.05) is 31.2 Å². The highest BCUT2D eigenvalue weighted by atomic mass is 15.1. The number of nitrogens with zero attached hydrogens (tertiary/aromatic N) is 2. The fourth-order valence-corrected chi connectivity index (χ4v) is 1.86. The molecule has 1 heterocycles. The number of nitrogens with two attached hydrogens (primary N) is 1. The predicted octanol–water partition coefficient (Wildman–Crippen LogP) is 2.85. The predicted molar refractivity (Wildman–Crippen MR) is 67.1 cm³/mol. The van der Waals surface area contributed by atoms with Crippen molar-refractivity contribution in [3.63, 3.8) is 0 Å². The number of aromatic nitrogens is 2. The summed E-state index contributed by atoms with van der Waals surface area (Å²) in [6.07, 6.45) is 2.88. The number of hydrogen-bond donors (Lipinski definition) is 1. The minimum absolute atomic E-state index is 0.760. The van der Waals surface area contributed by atoms with Crippen LogP contribution in [0.15, 0.2) is 30.6 Å². The summed E-state index contributed by atoms with van der Waals surface area (Å²) in [5.74, 6) is 0.760. The summed E-state index contributed by atoms with van der Waals surface area (Å²) >= 11 is 0. The zero-order valence-electron chi connectivity index (χ0n) is 9.77. The lowest BCUT2D eigenvalue weighted by atomic mass is 10.1. The first kappa shape index (κ1) is 10.7. The maximum atomic E-state index is 6.09. The Labute approximate surface area is 95.9 Å². The van der Waals surface area contributed by atoms with E-state index >= 15 is 0 Å². The molecule has 3 nitrogen and oxygen atoms in total. The average Bonchev–Trinajstić information content (AvgIpc) is 2.62. The fraction of sp³-hybridized carbons (Fsp3) is 0.308. The number of nitrogen functional groups attached to an aromatic ring is 1. The van der Waals surface area contributed by atoms with Gasteiger partial charge in [-0.25, -0.2) is 4.98 Å². The third kappa shape index (κ3) is 1.81. The maximum Gasteiger partial charge on any atom is 0.131 e. The van der Waals surface area contributed by atoms with Gasteiger partial charge in [0.2, 0.25) is 0 Å². The molecule has 0 aliphatic rings. The third-order valence-electron chi connectivity index (χ3n) is 2.74. The normalized spacial score (nSPS) is 10.6. The van der Waals surface area contributed by atoms with E-state index in [2.05, 4.69) is 31.0 Å². The molecule has 0 saturated heterocycles. The van der Waals surface area contributed by atoms with Crippen molar-refractivity contribution in [2.24, 2.45) is 0 Å². The number of hydrogen-bond acceptors (Lipinski definition) is 2. The van der Waals surface area contributed by atoms with E-state index in [1.165, 1.54) is 5.56 Å². The van der Waals surface area contributed by atoms with Gasteiger partial charge >= 0.3 is 0 Å². The molecule has 2 aromatic rings. The van der Waals surface area contributed by atoms with Gasteiger partial charge in [-0.3, -0.25) is 0 Å². The van der Waals surface area contributed by atoms with Crippen LogP contribution >= 0.6 is 0 Å². The Bertz CT molecular complexity index is 486. The van der Waals surface area contributed by atoms with Crippen LogP contribution in [0, 0.1) is 6.92 Å². The molecular weight excluding hydrogens is 198 g/mol. The topological polar surface area (TPSA) is 43.8 Å². The molecule has 0 amide bonds. The second-order valence-electron chi connectivity index (χ2n) is 3.99. The van der Waals surface area contributed by atoms with Gasteiger partial charge in [-0.2, -0.15) is 0 Å². The summed E-state index contributed by atoms with van der Waals surface area (Å²) in [5, 5.41) is 0. The van der Waals surface area contributed by atoms with Crippen molar-refractivity contribution >= 4 is 5.82 Å². The number of aryl methyl sites for hydroxylation is 2. The Morgan fingerprint density at radius 3 is 2.75 bits per heavy atom. The lowest BCUT2D eigenvalue weighted by Crippen LogP contribution is -2.01. The zero-order chi connectivity index (χ0) is 11.5. The van der Waals surface area contributed by atoms with Crippen LogP contribution in [-0.4, -0.2) is 9.55 Å². The van der Waals surface area contributed by atoms with Crippen molar-refractivity contribution in [3.05, 3.63) is 36.2 Å². The second-order valence-corrected chi connectivity index (χ2v) is 3.99. The SMILES string of the molecule is CCCn1cnc(-c2ccccc2C)c1N. The molecule has 0 spiro atoms. The van der Waals surface area contributed by atoms with E-state index in [4.69, 9.17) is 5.73 Å². The minimum atomic E-state index is 0.760. The summed E-state index contributed by atoms with van der Waals surface area (Å²) < 4.78 is 2.00. The van der Waals surface area contributed by atoms with Crippen LogP contribution in [0.1, 0.15) is 18.9 Å². The Balaban J connectivity index is 2.45. The monoisotopic (exact) mass is 215 g/mol. The first-order valence-corrected chi connectivity index (χ1v) is 5.60. The van der Waals surface area contributed by atoms with Gasteiger partial charge in [0.25, 0.3) is 0 Å². The molecule has 0 aliphatic carbocycles.